The number of fused-ring (bicyclic) bond motifs is 1. The van der Waals surface area contributed by atoms with Crippen LogP contribution in [0.4, 0.5) is 5.69 Å². The number of aromatic nitrogens is 1. The lowest BCUT2D eigenvalue weighted by Gasteiger charge is -2.03. The van der Waals surface area contributed by atoms with Crippen molar-refractivity contribution in [1.82, 2.24) is 0 Å². The number of nitrogens with one attached hydrogen (secondary N) is 1. The number of halogens is 1. The van der Waals surface area contributed by atoms with Crippen LogP contribution >= 0.6 is 0 Å². The number of hydrogen-bond acceptors (Lipinski definition) is 1. The first kappa shape index (κ1) is 16.5. The summed E-state index contributed by atoms with van der Waals surface area (Å²) in [5, 5.41) is 4.57. The van der Waals surface area contributed by atoms with Crippen molar-refractivity contribution < 1.29 is 28.5 Å². The van der Waals surface area contributed by atoms with Crippen molar-refractivity contribution in [3.05, 3.63) is 78.6 Å². The molecule has 112 valence electrons. The lowest BCUT2D eigenvalue weighted by atomic mass is 10.1. The number of aryl methyl sites for hydroxylation is 1. The number of nitrogens with zero attached hydrogens (tertiary/aromatic N) is 1. The van der Waals surface area contributed by atoms with Crippen molar-refractivity contribution in [1.29, 1.82) is 0 Å². The summed E-state index contributed by atoms with van der Waals surface area (Å²) in [6.07, 6.45) is 6.26. The highest BCUT2D eigenvalue weighted by Gasteiger charge is 2.08. The summed E-state index contributed by atoms with van der Waals surface area (Å²) < 4.78 is 2.26. The predicted octanol–water partition coefficient (Wildman–Crippen LogP) is 1.23. The van der Waals surface area contributed by atoms with Crippen molar-refractivity contribution in [3.63, 3.8) is 0 Å². The van der Waals surface area contributed by atoms with Gasteiger partial charge in [-0.15, -0.1) is 0 Å². The van der Waals surface area contributed by atoms with Gasteiger partial charge in [0.25, 0.3) is 0 Å². The molecule has 22 heavy (non-hydrogen) atoms. The van der Waals surface area contributed by atoms with Gasteiger partial charge in [-0.2, -0.15) is 4.57 Å². The van der Waals surface area contributed by atoms with Gasteiger partial charge in [0.15, 0.2) is 6.20 Å². The van der Waals surface area contributed by atoms with Crippen LogP contribution in [0.2, 0.25) is 0 Å². The zero-order valence-corrected chi connectivity index (χ0v) is 14.7. The third kappa shape index (κ3) is 3.65. The Hall–Kier alpha value is -1.88. The Balaban J connectivity index is 0.00000176. The molecule has 0 amide bonds. The van der Waals surface area contributed by atoms with E-state index in [-0.39, 0.29) is 24.0 Å². The fraction of sp³-hybridized carbons (Fsp3) is 0.105. The number of rotatable bonds is 4. The largest absolute Gasteiger partial charge is 1.00 e. The van der Waals surface area contributed by atoms with Crippen molar-refractivity contribution >= 4 is 22.7 Å². The van der Waals surface area contributed by atoms with Crippen molar-refractivity contribution in [2.45, 2.75) is 13.5 Å². The van der Waals surface area contributed by atoms with E-state index in [1.807, 2.05) is 24.4 Å². The van der Waals surface area contributed by atoms with Crippen LogP contribution in [0.5, 0.6) is 0 Å². The highest BCUT2D eigenvalue weighted by molar-refractivity contribution is 5.85. The molecule has 1 aromatic heterocycles. The Morgan fingerprint density at radius 2 is 1.68 bits per heavy atom. The van der Waals surface area contributed by atoms with Crippen molar-refractivity contribution in [3.8, 4) is 0 Å². The summed E-state index contributed by atoms with van der Waals surface area (Å²) in [7, 11) is 0. The van der Waals surface area contributed by atoms with Crippen LogP contribution in [0, 0.1) is 0 Å². The third-order valence-corrected chi connectivity index (χ3v) is 3.59. The number of pyridine rings is 1. The highest BCUT2D eigenvalue weighted by Crippen LogP contribution is 2.17. The highest BCUT2D eigenvalue weighted by atomic mass is 127. The molecule has 0 aliphatic heterocycles. The fourth-order valence-electron chi connectivity index (χ4n) is 2.49. The minimum absolute atomic E-state index is 0. The van der Waals surface area contributed by atoms with Gasteiger partial charge < -0.3 is 29.3 Å². The topological polar surface area (TPSA) is 15.9 Å². The van der Waals surface area contributed by atoms with Crippen LogP contribution in [0.1, 0.15) is 12.5 Å². The summed E-state index contributed by atoms with van der Waals surface area (Å²) in [5.41, 5.74) is 3.58. The van der Waals surface area contributed by atoms with E-state index in [0.717, 1.165) is 12.2 Å². The smallest absolute Gasteiger partial charge is 0.213 e. The van der Waals surface area contributed by atoms with Gasteiger partial charge in [0, 0.05) is 24.0 Å². The SMILES string of the molecule is CC[n+]1ccc(C=CNc2ccccc2)c2ccccc21.[I-]. The first-order chi connectivity index (χ1) is 10.4. The molecule has 0 aliphatic carbocycles. The standard InChI is InChI=1S/C19H18N2.HI/c1-2-21-15-13-16(18-10-6-7-11-19(18)21)12-14-20-17-8-4-3-5-9-17;/h3-15H,2H2,1H3;1H. The maximum atomic E-state index is 3.30. The Kier molecular flexibility index (Phi) is 5.95. The molecule has 0 spiro atoms. The lowest BCUT2D eigenvalue weighted by molar-refractivity contribution is -0.667. The molecule has 0 fully saturated rings. The van der Waals surface area contributed by atoms with E-state index >= 15 is 0 Å². The van der Waals surface area contributed by atoms with E-state index in [1.54, 1.807) is 0 Å². The molecule has 3 aromatic rings. The van der Waals surface area contributed by atoms with Crippen molar-refractivity contribution in [2.75, 3.05) is 5.32 Å². The second kappa shape index (κ2) is 7.94. The maximum Gasteiger partial charge on any atom is 0.213 e. The molecule has 0 unspecified atom stereocenters. The molecule has 0 atom stereocenters. The van der Waals surface area contributed by atoms with E-state index < -0.39 is 0 Å². The molecule has 0 bridgehead atoms. The summed E-state index contributed by atoms with van der Waals surface area (Å²) in [4.78, 5) is 0. The summed E-state index contributed by atoms with van der Waals surface area (Å²) >= 11 is 0. The van der Waals surface area contributed by atoms with Gasteiger partial charge in [-0.25, -0.2) is 0 Å². The van der Waals surface area contributed by atoms with Crippen LogP contribution in [0.3, 0.4) is 0 Å². The van der Waals surface area contributed by atoms with E-state index in [1.165, 1.54) is 16.5 Å². The molecule has 3 heteroatoms. The summed E-state index contributed by atoms with van der Waals surface area (Å²) in [6, 6.07) is 20.9. The predicted molar refractivity (Wildman–Crippen MR) is 88.9 cm³/mol. The van der Waals surface area contributed by atoms with E-state index in [4.69, 9.17) is 0 Å². The Morgan fingerprint density at radius 3 is 2.45 bits per heavy atom. The number of para-hydroxylation sites is 2. The average molecular weight is 402 g/mol. The maximum absolute atomic E-state index is 3.30. The Labute approximate surface area is 148 Å². The average Bonchev–Trinajstić information content (AvgIpc) is 2.56. The second-order valence-electron chi connectivity index (χ2n) is 4.92. The van der Waals surface area contributed by atoms with Crippen molar-refractivity contribution in [2.24, 2.45) is 0 Å². The molecule has 0 radical (unpaired) electrons. The number of benzene rings is 2. The Morgan fingerprint density at radius 1 is 0.955 bits per heavy atom. The molecule has 0 saturated carbocycles. The van der Waals surface area contributed by atoms with Crippen LogP contribution in [0.25, 0.3) is 17.0 Å². The quantitative estimate of drug-likeness (QED) is 0.513. The van der Waals surface area contributed by atoms with E-state index in [0.29, 0.717) is 0 Å². The first-order valence-electron chi connectivity index (χ1n) is 7.28. The summed E-state index contributed by atoms with van der Waals surface area (Å²) in [5.74, 6) is 0. The van der Waals surface area contributed by atoms with Crippen LogP contribution in [-0.2, 0) is 6.54 Å². The second-order valence-corrected chi connectivity index (χ2v) is 4.92. The zero-order valence-electron chi connectivity index (χ0n) is 12.5. The molecule has 2 nitrogen and oxygen atoms in total. The molecule has 1 N–H and O–H groups in total. The zero-order chi connectivity index (χ0) is 14.5. The van der Waals surface area contributed by atoms with Gasteiger partial charge in [0.05, 0.1) is 5.39 Å². The molecule has 1 heterocycles. The van der Waals surface area contributed by atoms with Crippen LogP contribution in [-0.4, -0.2) is 0 Å². The molecular formula is C19H19IN2. The van der Waals surface area contributed by atoms with Gasteiger partial charge in [-0.05, 0) is 36.8 Å². The fourth-order valence-corrected chi connectivity index (χ4v) is 2.49. The van der Waals surface area contributed by atoms with Gasteiger partial charge in [-0.1, -0.05) is 30.3 Å². The van der Waals surface area contributed by atoms with Crippen LogP contribution < -0.4 is 33.9 Å². The van der Waals surface area contributed by atoms with E-state index in [2.05, 4.69) is 71.5 Å². The lowest BCUT2D eigenvalue weighted by Crippen LogP contribution is -3.00. The molecule has 2 aromatic carbocycles. The van der Waals surface area contributed by atoms with Gasteiger partial charge in [-0.3, -0.25) is 0 Å². The third-order valence-electron chi connectivity index (χ3n) is 3.59. The number of hydrogen-bond donors (Lipinski definition) is 1. The van der Waals surface area contributed by atoms with Gasteiger partial charge in [0.2, 0.25) is 5.52 Å². The minimum atomic E-state index is 0. The first-order valence-corrected chi connectivity index (χ1v) is 7.28. The molecule has 0 aliphatic rings. The van der Waals surface area contributed by atoms with Gasteiger partial charge >= 0.3 is 0 Å². The summed E-state index contributed by atoms with van der Waals surface area (Å²) in [6.45, 7) is 3.14. The monoisotopic (exact) mass is 402 g/mol. The molecule has 0 saturated heterocycles. The Bertz CT molecular complexity index is 767. The van der Waals surface area contributed by atoms with E-state index in [9.17, 15) is 0 Å². The molecule has 3 rings (SSSR count). The minimum Gasteiger partial charge on any atom is -1.00 e. The number of anilines is 1. The van der Waals surface area contributed by atoms with Crippen LogP contribution in [0.15, 0.2) is 73.1 Å². The van der Waals surface area contributed by atoms with Gasteiger partial charge in [0.1, 0.15) is 6.54 Å². The molecular weight excluding hydrogens is 383 g/mol. The normalized spacial score (nSPS) is 10.6.